The van der Waals surface area contributed by atoms with Gasteiger partial charge in [0.15, 0.2) is 0 Å². The van der Waals surface area contributed by atoms with Gasteiger partial charge in [-0.3, -0.25) is 28.5 Å². The van der Waals surface area contributed by atoms with Gasteiger partial charge in [0.05, 0.1) is 17.8 Å². The number of fused-ring (bicyclic) bond motifs is 1. The predicted octanol–water partition coefficient (Wildman–Crippen LogP) is 2.36. The van der Waals surface area contributed by atoms with Crippen molar-refractivity contribution in [2.75, 3.05) is 5.32 Å². The summed E-state index contributed by atoms with van der Waals surface area (Å²) in [7, 11) is 1.52. The molecule has 0 bridgehead atoms. The third-order valence-electron chi connectivity index (χ3n) is 6.03. The molecule has 0 unspecified atom stereocenters. The molecule has 0 aliphatic rings. The maximum Gasteiger partial charge on any atom is 0.331 e. The Hall–Kier alpha value is -4.34. The number of aryl methyl sites for hydroxylation is 3. The van der Waals surface area contributed by atoms with Crippen molar-refractivity contribution in [3.8, 4) is 11.3 Å². The Balaban J connectivity index is 1.67. The number of rotatable bonds is 6. The summed E-state index contributed by atoms with van der Waals surface area (Å²) in [6, 6.07) is 8.10. The first-order valence-corrected chi connectivity index (χ1v) is 11.1. The Kier molecular flexibility index (Phi) is 6.21. The maximum absolute atomic E-state index is 13.1. The van der Waals surface area contributed by atoms with Gasteiger partial charge >= 0.3 is 5.69 Å². The zero-order valence-electron chi connectivity index (χ0n) is 20.2. The Morgan fingerprint density at radius 1 is 1.14 bits per heavy atom. The molecule has 0 aromatic carbocycles. The number of carbonyl (C=O) groups excluding carboxylic acids is 2. The molecule has 10 heteroatoms. The predicted molar refractivity (Wildman–Crippen MR) is 132 cm³/mol. The second kappa shape index (κ2) is 9.13. The summed E-state index contributed by atoms with van der Waals surface area (Å²) in [5.41, 5.74) is 2.81. The highest BCUT2D eigenvalue weighted by atomic mass is 16.2. The second-order valence-electron chi connectivity index (χ2n) is 8.59. The molecule has 0 aliphatic carbocycles. The topological polar surface area (TPSA) is 121 Å². The number of ketones is 1. The highest BCUT2D eigenvalue weighted by molar-refractivity contribution is 5.94. The molecule has 1 N–H and O–H groups in total. The molecule has 1 amide bonds. The van der Waals surface area contributed by atoms with Crippen LogP contribution in [-0.2, 0) is 23.2 Å². The molecule has 0 radical (unpaired) electrons. The van der Waals surface area contributed by atoms with Crippen LogP contribution in [0, 0.1) is 13.8 Å². The molecule has 180 valence electrons. The van der Waals surface area contributed by atoms with Crippen LogP contribution < -0.4 is 16.6 Å². The summed E-state index contributed by atoms with van der Waals surface area (Å²) in [6.07, 6.45) is 3.32. The summed E-state index contributed by atoms with van der Waals surface area (Å²) < 4.78 is 3.68. The van der Waals surface area contributed by atoms with Crippen molar-refractivity contribution in [1.82, 2.24) is 23.7 Å². The molecule has 4 aromatic heterocycles. The first kappa shape index (κ1) is 23.8. The van der Waals surface area contributed by atoms with E-state index in [9.17, 15) is 19.2 Å². The lowest BCUT2D eigenvalue weighted by Gasteiger charge is -2.16. The highest BCUT2D eigenvalue weighted by Crippen LogP contribution is 2.22. The van der Waals surface area contributed by atoms with Crippen molar-refractivity contribution in [1.29, 1.82) is 0 Å². The fraction of sp³-hybridized carbons (Fsp3) is 0.280. The quantitative estimate of drug-likeness (QED) is 0.458. The smallest absolute Gasteiger partial charge is 0.330 e. The normalized spacial score (nSPS) is 12.0. The van der Waals surface area contributed by atoms with Gasteiger partial charge in [-0.15, -0.1) is 0 Å². The molecular formula is C25H26N6O4. The van der Waals surface area contributed by atoms with E-state index in [0.717, 1.165) is 21.4 Å². The third-order valence-corrected chi connectivity index (χ3v) is 6.03. The first-order valence-electron chi connectivity index (χ1n) is 11.1. The summed E-state index contributed by atoms with van der Waals surface area (Å²) in [6.45, 7) is 6.52. The van der Waals surface area contributed by atoms with E-state index in [0.29, 0.717) is 17.0 Å². The van der Waals surface area contributed by atoms with Gasteiger partial charge in [-0.2, -0.15) is 0 Å². The van der Waals surface area contributed by atoms with Crippen molar-refractivity contribution in [2.45, 2.75) is 40.3 Å². The highest BCUT2D eigenvalue weighted by Gasteiger charge is 2.22. The lowest BCUT2D eigenvalue weighted by atomic mass is 10.1. The summed E-state index contributed by atoms with van der Waals surface area (Å²) in [4.78, 5) is 59.3. The van der Waals surface area contributed by atoms with Crippen LogP contribution in [0.2, 0.25) is 0 Å². The van der Waals surface area contributed by atoms with Gasteiger partial charge in [0.2, 0.25) is 5.91 Å². The number of hydrogen-bond donors (Lipinski definition) is 1. The number of hydrogen-bond acceptors (Lipinski definition) is 6. The number of nitrogens with one attached hydrogen (secondary N) is 1. The van der Waals surface area contributed by atoms with Gasteiger partial charge in [-0.1, -0.05) is 6.07 Å². The average molecular weight is 475 g/mol. The largest absolute Gasteiger partial charge is 0.331 e. The van der Waals surface area contributed by atoms with Crippen molar-refractivity contribution in [3.05, 3.63) is 74.8 Å². The van der Waals surface area contributed by atoms with Gasteiger partial charge in [-0.25, -0.2) is 9.78 Å². The van der Waals surface area contributed by atoms with E-state index in [1.54, 1.807) is 37.5 Å². The van der Waals surface area contributed by atoms with Crippen molar-refractivity contribution >= 4 is 28.5 Å². The molecule has 4 heterocycles. The van der Waals surface area contributed by atoms with Crippen molar-refractivity contribution < 1.29 is 9.59 Å². The van der Waals surface area contributed by atoms with E-state index in [1.165, 1.54) is 23.1 Å². The van der Waals surface area contributed by atoms with E-state index in [4.69, 9.17) is 0 Å². The number of Topliss-reactive ketones (excluding diaryl/α,β-unsaturated/α-hetero) is 1. The van der Waals surface area contributed by atoms with Crippen LogP contribution in [0.3, 0.4) is 0 Å². The van der Waals surface area contributed by atoms with Gasteiger partial charge in [-0.05, 0) is 57.5 Å². The van der Waals surface area contributed by atoms with Crippen LogP contribution in [0.5, 0.6) is 0 Å². The van der Waals surface area contributed by atoms with E-state index in [1.807, 2.05) is 26.0 Å². The van der Waals surface area contributed by atoms with Crippen LogP contribution >= 0.6 is 0 Å². The SMILES string of the molecule is CC(=O)Cn1c(=O)c2c(ccn2[C@@H](C)C(=O)Nc2cccc(-c3cnc(C)c(C)c3)n2)n(C)c1=O. The number of anilines is 1. The zero-order chi connectivity index (χ0) is 25.4. The molecule has 0 spiro atoms. The molecule has 10 nitrogen and oxygen atoms in total. The molecule has 4 rings (SSSR count). The second-order valence-corrected chi connectivity index (χ2v) is 8.59. The molecule has 0 fully saturated rings. The van der Waals surface area contributed by atoms with Crippen LogP contribution in [0.25, 0.3) is 22.3 Å². The Labute approximate surface area is 200 Å². The van der Waals surface area contributed by atoms with Crippen LogP contribution in [-0.4, -0.2) is 35.4 Å². The van der Waals surface area contributed by atoms with Crippen LogP contribution in [0.15, 0.2) is 52.3 Å². The van der Waals surface area contributed by atoms with Crippen molar-refractivity contribution in [2.24, 2.45) is 7.05 Å². The molecule has 1 atom stereocenters. The molecule has 0 saturated heterocycles. The van der Waals surface area contributed by atoms with E-state index >= 15 is 0 Å². The van der Waals surface area contributed by atoms with E-state index < -0.39 is 23.2 Å². The first-order chi connectivity index (χ1) is 16.6. The number of amides is 1. The number of aromatic nitrogens is 5. The van der Waals surface area contributed by atoms with Crippen LogP contribution in [0.1, 0.15) is 31.1 Å². The Bertz CT molecular complexity index is 1590. The molecular weight excluding hydrogens is 448 g/mol. The number of carbonyl (C=O) groups is 2. The van der Waals surface area contributed by atoms with E-state index in [2.05, 4.69) is 15.3 Å². The Morgan fingerprint density at radius 3 is 2.57 bits per heavy atom. The average Bonchev–Trinajstić information content (AvgIpc) is 3.27. The van der Waals surface area contributed by atoms with Crippen molar-refractivity contribution in [3.63, 3.8) is 0 Å². The lowest BCUT2D eigenvalue weighted by molar-refractivity contribution is -0.119. The summed E-state index contributed by atoms with van der Waals surface area (Å²) >= 11 is 0. The molecule has 35 heavy (non-hydrogen) atoms. The fourth-order valence-electron chi connectivity index (χ4n) is 3.92. The fourth-order valence-corrected chi connectivity index (χ4v) is 3.92. The standard InChI is InChI=1S/C25H26N6O4/c1-14-11-18(12-26-16(14)3)19-7-6-8-21(27-19)28-23(33)17(4)30-10-9-20-22(30)24(34)31(13-15(2)32)25(35)29(20)5/h6-12,17H,13H2,1-5H3,(H,27,28,33)/t17-/m0/s1. The molecule has 0 saturated carbocycles. The summed E-state index contributed by atoms with van der Waals surface area (Å²) in [5.74, 6) is -0.357. The van der Waals surface area contributed by atoms with E-state index in [-0.39, 0.29) is 17.8 Å². The van der Waals surface area contributed by atoms with Crippen LogP contribution in [0.4, 0.5) is 5.82 Å². The molecule has 4 aromatic rings. The van der Waals surface area contributed by atoms with Gasteiger partial charge in [0.1, 0.15) is 23.2 Å². The number of pyridine rings is 2. The van der Waals surface area contributed by atoms with Gasteiger partial charge < -0.3 is 9.88 Å². The maximum atomic E-state index is 13.1. The van der Waals surface area contributed by atoms with Gasteiger partial charge in [0, 0.05) is 30.7 Å². The zero-order valence-corrected chi connectivity index (χ0v) is 20.2. The minimum atomic E-state index is -0.794. The third kappa shape index (κ3) is 4.42. The summed E-state index contributed by atoms with van der Waals surface area (Å²) in [5, 5.41) is 2.80. The number of nitrogens with zero attached hydrogens (tertiary/aromatic N) is 5. The lowest BCUT2D eigenvalue weighted by Crippen LogP contribution is -2.41. The minimum Gasteiger partial charge on any atom is -0.330 e. The Morgan fingerprint density at radius 2 is 1.89 bits per heavy atom. The van der Waals surface area contributed by atoms with Gasteiger partial charge in [0.25, 0.3) is 5.56 Å². The molecule has 0 aliphatic heterocycles. The monoisotopic (exact) mass is 474 g/mol. The minimum absolute atomic E-state index is 0.166.